The highest BCUT2D eigenvalue weighted by molar-refractivity contribution is 6.30. The van der Waals surface area contributed by atoms with Gasteiger partial charge in [-0.3, -0.25) is 9.69 Å². The SMILES string of the molecule is CCCN(CC(=O)OC)Cc1cc2ccccc2nc1Cl. The van der Waals surface area contributed by atoms with Crippen LogP contribution in [0.5, 0.6) is 0 Å². The van der Waals surface area contributed by atoms with Crippen molar-refractivity contribution in [1.82, 2.24) is 9.88 Å². The van der Waals surface area contributed by atoms with Crippen molar-refractivity contribution >= 4 is 28.5 Å². The summed E-state index contributed by atoms with van der Waals surface area (Å²) in [5.74, 6) is -0.242. The maximum absolute atomic E-state index is 11.5. The predicted molar refractivity (Wildman–Crippen MR) is 84.3 cm³/mol. The summed E-state index contributed by atoms with van der Waals surface area (Å²) in [6.07, 6.45) is 0.954. The number of nitrogens with zero attached hydrogens (tertiary/aromatic N) is 2. The third kappa shape index (κ3) is 4.16. The van der Waals surface area contributed by atoms with Crippen LogP contribution in [0.2, 0.25) is 5.15 Å². The lowest BCUT2D eigenvalue weighted by atomic mass is 10.1. The van der Waals surface area contributed by atoms with Crippen LogP contribution in [-0.4, -0.2) is 36.1 Å². The molecule has 4 nitrogen and oxygen atoms in total. The Balaban J connectivity index is 2.23. The normalized spacial score (nSPS) is 11.0. The summed E-state index contributed by atoms with van der Waals surface area (Å²) in [5.41, 5.74) is 1.80. The number of hydrogen-bond acceptors (Lipinski definition) is 4. The molecule has 0 bridgehead atoms. The molecule has 0 spiro atoms. The number of ether oxygens (including phenoxy) is 1. The van der Waals surface area contributed by atoms with E-state index in [4.69, 9.17) is 16.3 Å². The molecule has 0 aliphatic carbocycles. The van der Waals surface area contributed by atoms with E-state index in [1.165, 1.54) is 7.11 Å². The molecule has 0 amide bonds. The van der Waals surface area contributed by atoms with Gasteiger partial charge in [-0.15, -0.1) is 0 Å². The Morgan fingerprint density at radius 1 is 1.38 bits per heavy atom. The second kappa shape index (κ2) is 7.38. The number of benzene rings is 1. The molecular weight excluding hydrogens is 288 g/mol. The number of aromatic nitrogens is 1. The molecule has 0 N–H and O–H groups in total. The van der Waals surface area contributed by atoms with Crippen molar-refractivity contribution in [3.05, 3.63) is 41.0 Å². The van der Waals surface area contributed by atoms with Crippen molar-refractivity contribution in [2.75, 3.05) is 20.2 Å². The van der Waals surface area contributed by atoms with Crippen LogP contribution in [0, 0.1) is 0 Å². The van der Waals surface area contributed by atoms with Crippen molar-refractivity contribution in [3.63, 3.8) is 0 Å². The highest BCUT2D eigenvalue weighted by Crippen LogP contribution is 2.21. The maximum atomic E-state index is 11.5. The quantitative estimate of drug-likeness (QED) is 0.607. The average molecular weight is 307 g/mol. The van der Waals surface area contributed by atoms with Gasteiger partial charge in [-0.2, -0.15) is 0 Å². The molecule has 21 heavy (non-hydrogen) atoms. The molecule has 0 atom stereocenters. The van der Waals surface area contributed by atoms with E-state index in [1.807, 2.05) is 35.2 Å². The molecule has 1 aromatic carbocycles. The number of methoxy groups -OCH3 is 1. The minimum Gasteiger partial charge on any atom is -0.468 e. The van der Waals surface area contributed by atoms with Crippen LogP contribution >= 0.6 is 11.6 Å². The van der Waals surface area contributed by atoms with E-state index in [9.17, 15) is 4.79 Å². The molecule has 0 radical (unpaired) electrons. The second-order valence-electron chi connectivity index (χ2n) is 4.92. The molecule has 0 unspecified atom stereocenters. The molecule has 0 aliphatic rings. The fraction of sp³-hybridized carbons (Fsp3) is 0.375. The lowest BCUT2D eigenvalue weighted by molar-refractivity contribution is -0.142. The van der Waals surface area contributed by atoms with E-state index in [0.717, 1.165) is 29.4 Å². The molecule has 0 saturated heterocycles. The van der Waals surface area contributed by atoms with Crippen LogP contribution in [0.4, 0.5) is 0 Å². The van der Waals surface area contributed by atoms with Crippen molar-refractivity contribution in [2.45, 2.75) is 19.9 Å². The molecule has 0 saturated carbocycles. The Morgan fingerprint density at radius 2 is 2.14 bits per heavy atom. The first-order chi connectivity index (χ1) is 10.1. The molecule has 112 valence electrons. The van der Waals surface area contributed by atoms with Crippen molar-refractivity contribution in [3.8, 4) is 0 Å². The Labute approximate surface area is 129 Å². The van der Waals surface area contributed by atoms with E-state index in [1.54, 1.807) is 0 Å². The molecular formula is C16H19ClN2O2. The number of para-hydroxylation sites is 1. The first kappa shape index (κ1) is 15.7. The van der Waals surface area contributed by atoms with Gasteiger partial charge in [0.2, 0.25) is 0 Å². The van der Waals surface area contributed by atoms with Crippen LogP contribution in [-0.2, 0) is 16.1 Å². The third-order valence-electron chi connectivity index (χ3n) is 3.26. The number of pyridine rings is 1. The summed E-state index contributed by atoms with van der Waals surface area (Å²) in [7, 11) is 1.40. The monoisotopic (exact) mass is 306 g/mol. The molecule has 0 aliphatic heterocycles. The Bertz CT molecular complexity index is 631. The average Bonchev–Trinajstić information content (AvgIpc) is 2.48. The smallest absolute Gasteiger partial charge is 0.319 e. The van der Waals surface area contributed by atoms with Gasteiger partial charge in [-0.25, -0.2) is 4.98 Å². The van der Waals surface area contributed by atoms with E-state index in [-0.39, 0.29) is 12.5 Å². The van der Waals surface area contributed by atoms with Crippen LogP contribution in [0.25, 0.3) is 10.9 Å². The highest BCUT2D eigenvalue weighted by atomic mass is 35.5. The lowest BCUT2D eigenvalue weighted by Crippen LogP contribution is -2.31. The minimum absolute atomic E-state index is 0.242. The van der Waals surface area contributed by atoms with Crippen molar-refractivity contribution in [2.24, 2.45) is 0 Å². The molecule has 2 rings (SSSR count). The molecule has 1 aromatic heterocycles. The van der Waals surface area contributed by atoms with Crippen LogP contribution in [0.15, 0.2) is 30.3 Å². The fourth-order valence-electron chi connectivity index (χ4n) is 2.27. The van der Waals surface area contributed by atoms with Gasteiger partial charge in [0.05, 0.1) is 19.2 Å². The molecule has 5 heteroatoms. The number of halogens is 1. The summed E-state index contributed by atoms with van der Waals surface area (Å²) in [4.78, 5) is 17.9. The van der Waals surface area contributed by atoms with Gasteiger partial charge in [0.1, 0.15) is 5.15 Å². The molecule has 1 heterocycles. The number of rotatable bonds is 6. The zero-order valence-electron chi connectivity index (χ0n) is 12.3. The predicted octanol–water partition coefficient (Wildman–Crippen LogP) is 3.27. The van der Waals surface area contributed by atoms with Crippen LogP contribution in [0.3, 0.4) is 0 Å². The van der Waals surface area contributed by atoms with E-state index >= 15 is 0 Å². The van der Waals surface area contributed by atoms with Gasteiger partial charge in [-0.05, 0) is 25.1 Å². The van der Waals surface area contributed by atoms with Gasteiger partial charge in [0, 0.05) is 17.5 Å². The van der Waals surface area contributed by atoms with Gasteiger partial charge in [-0.1, -0.05) is 36.7 Å². The second-order valence-corrected chi connectivity index (χ2v) is 5.28. The Kier molecular flexibility index (Phi) is 5.53. The van der Waals surface area contributed by atoms with Crippen molar-refractivity contribution in [1.29, 1.82) is 0 Å². The summed E-state index contributed by atoms with van der Waals surface area (Å²) in [6, 6.07) is 9.88. The first-order valence-electron chi connectivity index (χ1n) is 6.97. The Hall–Kier alpha value is -1.65. The van der Waals surface area contributed by atoms with Gasteiger partial charge >= 0.3 is 5.97 Å². The summed E-state index contributed by atoms with van der Waals surface area (Å²) in [6.45, 7) is 3.72. The third-order valence-corrected chi connectivity index (χ3v) is 3.59. The number of hydrogen-bond donors (Lipinski definition) is 0. The van der Waals surface area contributed by atoms with E-state index in [0.29, 0.717) is 11.7 Å². The fourth-order valence-corrected chi connectivity index (χ4v) is 2.47. The number of esters is 1. The molecule has 0 fully saturated rings. The standard InChI is InChI=1S/C16H19ClN2O2/c1-3-8-19(11-15(20)21-2)10-13-9-12-6-4-5-7-14(12)18-16(13)17/h4-7,9H,3,8,10-11H2,1-2H3. The zero-order valence-corrected chi connectivity index (χ0v) is 13.1. The summed E-state index contributed by atoms with van der Waals surface area (Å²) in [5, 5.41) is 1.53. The Morgan fingerprint density at radius 3 is 2.86 bits per heavy atom. The van der Waals surface area contributed by atoms with Gasteiger partial charge in [0.25, 0.3) is 0 Å². The minimum atomic E-state index is -0.242. The number of fused-ring (bicyclic) bond motifs is 1. The lowest BCUT2D eigenvalue weighted by Gasteiger charge is -2.20. The number of carbonyl (C=O) groups is 1. The highest BCUT2D eigenvalue weighted by Gasteiger charge is 2.13. The first-order valence-corrected chi connectivity index (χ1v) is 7.35. The van der Waals surface area contributed by atoms with Crippen LogP contribution in [0.1, 0.15) is 18.9 Å². The topological polar surface area (TPSA) is 42.4 Å². The van der Waals surface area contributed by atoms with Crippen LogP contribution < -0.4 is 0 Å². The van der Waals surface area contributed by atoms with Gasteiger partial charge < -0.3 is 4.74 Å². The zero-order chi connectivity index (χ0) is 15.2. The largest absolute Gasteiger partial charge is 0.468 e. The van der Waals surface area contributed by atoms with E-state index < -0.39 is 0 Å². The molecule has 2 aromatic rings. The van der Waals surface area contributed by atoms with E-state index in [2.05, 4.69) is 11.9 Å². The maximum Gasteiger partial charge on any atom is 0.319 e. The summed E-state index contributed by atoms with van der Waals surface area (Å²) >= 11 is 6.26. The summed E-state index contributed by atoms with van der Waals surface area (Å²) < 4.78 is 4.74. The van der Waals surface area contributed by atoms with Crippen molar-refractivity contribution < 1.29 is 9.53 Å². The van der Waals surface area contributed by atoms with Gasteiger partial charge in [0.15, 0.2) is 0 Å². The number of carbonyl (C=O) groups excluding carboxylic acids is 1.